The van der Waals surface area contributed by atoms with Gasteiger partial charge in [-0.2, -0.15) is 0 Å². The molecule has 3 aliphatic rings. The van der Waals surface area contributed by atoms with Gasteiger partial charge in [-0.05, 0) is 42.0 Å². The number of aryl methyl sites for hydroxylation is 1. The lowest BCUT2D eigenvalue weighted by molar-refractivity contribution is -0.145. The first-order valence-corrected chi connectivity index (χ1v) is 9.43. The van der Waals surface area contributed by atoms with E-state index in [2.05, 4.69) is 11.4 Å². The summed E-state index contributed by atoms with van der Waals surface area (Å²) in [6.07, 6.45) is 3.34. The summed E-state index contributed by atoms with van der Waals surface area (Å²) in [4.78, 5) is 30.1. The van der Waals surface area contributed by atoms with Crippen LogP contribution in [0, 0.1) is 0 Å². The number of thiophene rings is 1. The highest BCUT2D eigenvalue weighted by molar-refractivity contribution is 8.00. The standard InChI is InChI=1S/C15H18N2O2S2/c18-13-9-16(5-6-17(13)10-1-2-10)15(19)14-11-3-7-20-12(11)4-8-21-14/h3,7,10,14H,1-2,4-6,8-9H2/t14-/m0/s1. The third-order valence-electron chi connectivity index (χ3n) is 4.46. The topological polar surface area (TPSA) is 40.6 Å². The van der Waals surface area contributed by atoms with E-state index in [1.54, 1.807) is 28.0 Å². The van der Waals surface area contributed by atoms with Gasteiger partial charge in [0.25, 0.3) is 0 Å². The molecule has 6 heteroatoms. The Morgan fingerprint density at radius 2 is 2.14 bits per heavy atom. The van der Waals surface area contributed by atoms with Gasteiger partial charge < -0.3 is 9.80 Å². The molecule has 0 radical (unpaired) electrons. The zero-order valence-electron chi connectivity index (χ0n) is 11.8. The van der Waals surface area contributed by atoms with E-state index in [1.807, 2.05) is 4.90 Å². The fourth-order valence-corrected chi connectivity index (χ4v) is 5.54. The van der Waals surface area contributed by atoms with Crippen LogP contribution in [0.25, 0.3) is 0 Å². The number of carbonyl (C=O) groups is 2. The first kappa shape index (κ1) is 13.6. The molecule has 1 aromatic heterocycles. The smallest absolute Gasteiger partial charge is 0.242 e. The predicted molar refractivity (Wildman–Crippen MR) is 84.5 cm³/mol. The Balaban J connectivity index is 1.48. The van der Waals surface area contributed by atoms with Crippen LogP contribution in [0.2, 0.25) is 0 Å². The van der Waals surface area contributed by atoms with Crippen molar-refractivity contribution < 1.29 is 9.59 Å². The van der Waals surface area contributed by atoms with E-state index in [1.165, 1.54) is 10.4 Å². The Morgan fingerprint density at radius 1 is 1.29 bits per heavy atom. The minimum Gasteiger partial charge on any atom is -0.336 e. The number of thioether (sulfide) groups is 1. The van der Waals surface area contributed by atoms with Gasteiger partial charge in [-0.15, -0.1) is 23.1 Å². The fraction of sp³-hybridized carbons (Fsp3) is 0.600. The third kappa shape index (κ3) is 2.48. The van der Waals surface area contributed by atoms with E-state index in [0.717, 1.165) is 25.0 Å². The van der Waals surface area contributed by atoms with Gasteiger partial charge in [-0.1, -0.05) is 0 Å². The van der Waals surface area contributed by atoms with Gasteiger partial charge in [0.2, 0.25) is 11.8 Å². The highest BCUT2D eigenvalue weighted by Crippen LogP contribution is 2.40. The van der Waals surface area contributed by atoms with Crippen LogP contribution >= 0.6 is 23.1 Å². The summed E-state index contributed by atoms with van der Waals surface area (Å²) >= 11 is 3.47. The van der Waals surface area contributed by atoms with E-state index in [4.69, 9.17) is 0 Å². The minimum absolute atomic E-state index is 0.0970. The molecule has 0 N–H and O–H groups in total. The molecule has 1 atom stereocenters. The molecule has 4 nitrogen and oxygen atoms in total. The van der Waals surface area contributed by atoms with E-state index in [9.17, 15) is 9.59 Å². The molecule has 1 aliphatic carbocycles. The molecule has 2 aliphatic heterocycles. The third-order valence-corrected chi connectivity index (χ3v) is 6.68. The van der Waals surface area contributed by atoms with Crippen molar-refractivity contribution in [3.8, 4) is 0 Å². The van der Waals surface area contributed by atoms with Crippen LogP contribution in [0.4, 0.5) is 0 Å². The molecule has 1 aromatic rings. The van der Waals surface area contributed by atoms with Gasteiger partial charge >= 0.3 is 0 Å². The summed E-state index contributed by atoms with van der Waals surface area (Å²) in [5, 5.41) is 1.98. The van der Waals surface area contributed by atoms with Gasteiger partial charge in [0, 0.05) is 24.0 Å². The lowest BCUT2D eigenvalue weighted by Gasteiger charge is -2.36. The van der Waals surface area contributed by atoms with Crippen LogP contribution in [-0.4, -0.2) is 53.0 Å². The summed E-state index contributed by atoms with van der Waals surface area (Å²) in [6.45, 7) is 1.67. The summed E-state index contributed by atoms with van der Waals surface area (Å²) in [5.41, 5.74) is 1.18. The molecule has 0 spiro atoms. The average Bonchev–Trinajstić information content (AvgIpc) is 3.22. The van der Waals surface area contributed by atoms with E-state index < -0.39 is 0 Å². The number of nitrogens with zero attached hydrogens (tertiary/aromatic N) is 2. The van der Waals surface area contributed by atoms with Crippen molar-refractivity contribution in [1.29, 1.82) is 0 Å². The zero-order chi connectivity index (χ0) is 14.4. The molecule has 1 saturated heterocycles. The maximum Gasteiger partial charge on any atom is 0.242 e. The first-order valence-electron chi connectivity index (χ1n) is 7.50. The van der Waals surface area contributed by atoms with Crippen LogP contribution < -0.4 is 0 Å². The molecule has 3 heterocycles. The normalized spacial score (nSPS) is 25.9. The highest BCUT2D eigenvalue weighted by atomic mass is 32.2. The number of amides is 2. The van der Waals surface area contributed by atoms with E-state index in [-0.39, 0.29) is 23.6 Å². The molecule has 21 heavy (non-hydrogen) atoms. The molecular formula is C15H18N2O2S2. The lowest BCUT2D eigenvalue weighted by atomic mass is 10.1. The summed E-state index contributed by atoms with van der Waals surface area (Å²) in [6, 6.07) is 2.54. The number of fused-ring (bicyclic) bond motifs is 1. The van der Waals surface area contributed by atoms with E-state index >= 15 is 0 Å². The Bertz CT molecular complexity index is 582. The SMILES string of the molecule is O=C([C@H]1SCCc2sccc21)N1CCN(C2CC2)C(=O)C1. The van der Waals surface area contributed by atoms with Crippen LogP contribution in [0.1, 0.15) is 28.5 Å². The van der Waals surface area contributed by atoms with Crippen molar-refractivity contribution >= 4 is 34.9 Å². The first-order chi connectivity index (χ1) is 10.2. The highest BCUT2D eigenvalue weighted by Gasteiger charge is 2.39. The van der Waals surface area contributed by atoms with Gasteiger partial charge in [0.1, 0.15) is 5.25 Å². The van der Waals surface area contributed by atoms with Crippen molar-refractivity contribution in [2.45, 2.75) is 30.6 Å². The second-order valence-electron chi connectivity index (χ2n) is 5.88. The quantitative estimate of drug-likeness (QED) is 0.835. The summed E-state index contributed by atoms with van der Waals surface area (Å²) < 4.78 is 0. The Labute approximate surface area is 132 Å². The van der Waals surface area contributed by atoms with Gasteiger partial charge in [-0.25, -0.2) is 0 Å². The summed E-state index contributed by atoms with van der Waals surface area (Å²) in [7, 11) is 0. The number of rotatable bonds is 2. The van der Waals surface area contributed by atoms with Gasteiger partial charge in [0.05, 0.1) is 6.54 Å². The maximum atomic E-state index is 12.8. The second kappa shape index (κ2) is 5.32. The predicted octanol–water partition coefficient (Wildman–Crippen LogP) is 1.91. The van der Waals surface area contributed by atoms with Gasteiger partial charge in [-0.3, -0.25) is 9.59 Å². The lowest BCUT2D eigenvalue weighted by Crippen LogP contribution is -2.53. The van der Waals surface area contributed by atoms with Crippen molar-refractivity contribution in [3.05, 3.63) is 21.9 Å². The summed E-state index contributed by atoms with van der Waals surface area (Å²) in [5.74, 6) is 1.26. The Hall–Kier alpha value is -1.01. The Kier molecular flexibility index (Phi) is 3.46. The molecule has 4 rings (SSSR count). The van der Waals surface area contributed by atoms with Crippen molar-refractivity contribution in [3.63, 3.8) is 0 Å². The Morgan fingerprint density at radius 3 is 2.90 bits per heavy atom. The zero-order valence-corrected chi connectivity index (χ0v) is 13.4. The minimum atomic E-state index is -0.0970. The monoisotopic (exact) mass is 322 g/mol. The van der Waals surface area contributed by atoms with Gasteiger partial charge in [0.15, 0.2) is 0 Å². The number of hydrogen-bond acceptors (Lipinski definition) is 4. The molecule has 0 bridgehead atoms. The molecule has 2 amide bonds. The molecule has 112 valence electrons. The fourth-order valence-electron chi connectivity index (χ4n) is 3.16. The number of hydrogen-bond donors (Lipinski definition) is 0. The molecule has 1 saturated carbocycles. The van der Waals surface area contributed by atoms with Crippen molar-refractivity contribution in [2.75, 3.05) is 25.4 Å². The molecular weight excluding hydrogens is 304 g/mol. The maximum absolute atomic E-state index is 12.8. The average molecular weight is 322 g/mol. The molecule has 2 fully saturated rings. The van der Waals surface area contributed by atoms with Crippen molar-refractivity contribution in [1.82, 2.24) is 9.80 Å². The molecule has 0 unspecified atom stereocenters. The van der Waals surface area contributed by atoms with Crippen LogP contribution in [-0.2, 0) is 16.0 Å². The van der Waals surface area contributed by atoms with Crippen molar-refractivity contribution in [2.24, 2.45) is 0 Å². The van der Waals surface area contributed by atoms with Crippen LogP contribution in [0.5, 0.6) is 0 Å². The number of carbonyl (C=O) groups excluding carboxylic acids is 2. The number of piperazine rings is 1. The van der Waals surface area contributed by atoms with Crippen LogP contribution in [0.3, 0.4) is 0 Å². The second-order valence-corrected chi connectivity index (χ2v) is 8.09. The van der Waals surface area contributed by atoms with Crippen LogP contribution in [0.15, 0.2) is 11.4 Å². The largest absolute Gasteiger partial charge is 0.336 e. The molecule has 0 aromatic carbocycles. The van der Waals surface area contributed by atoms with E-state index in [0.29, 0.717) is 19.1 Å².